The van der Waals surface area contributed by atoms with Crippen molar-refractivity contribution in [2.45, 2.75) is 18.9 Å². The van der Waals surface area contributed by atoms with E-state index in [1.54, 1.807) is 17.2 Å². The Kier molecular flexibility index (Phi) is 3.38. The number of hydrogen-bond donors (Lipinski definition) is 0. The maximum absolute atomic E-state index is 11.4. The first kappa shape index (κ1) is 14.9. The van der Waals surface area contributed by atoms with E-state index < -0.39 is 0 Å². The van der Waals surface area contributed by atoms with Gasteiger partial charge in [0, 0.05) is 37.5 Å². The smallest absolute Gasteiger partial charge is 0.293 e. The minimum atomic E-state index is -0.351. The predicted octanol–water partition coefficient (Wildman–Crippen LogP) is 3.23. The van der Waals surface area contributed by atoms with Crippen LogP contribution in [0.3, 0.4) is 0 Å². The first-order chi connectivity index (χ1) is 11.6. The number of benzene rings is 1. The molecule has 7 nitrogen and oxygen atoms in total. The fourth-order valence-electron chi connectivity index (χ4n) is 3.60. The van der Waals surface area contributed by atoms with Crippen LogP contribution in [-0.4, -0.2) is 35.0 Å². The molecule has 2 aromatic rings. The number of ether oxygens (including phenoxy) is 1. The average molecular weight is 326 g/mol. The second-order valence-electron chi connectivity index (χ2n) is 6.13. The van der Waals surface area contributed by atoms with Crippen molar-refractivity contribution >= 4 is 17.1 Å². The highest BCUT2D eigenvalue weighted by atomic mass is 16.6. The van der Waals surface area contributed by atoms with E-state index in [1.165, 1.54) is 6.07 Å². The van der Waals surface area contributed by atoms with Crippen LogP contribution in [0.25, 0.3) is 16.8 Å². The fourth-order valence-corrected chi connectivity index (χ4v) is 3.60. The summed E-state index contributed by atoms with van der Waals surface area (Å²) in [4.78, 5) is 12.9. The van der Waals surface area contributed by atoms with Crippen LogP contribution >= 0.6 is 0 Å². The lowest BCUT2D eigenvalue weighted by molar-refractivity contribution is -0.384. The Bertz CT molecular complexity index is 836. The summed E-state index contributed by atoms with van der Waals surface area (Å²) >= 11 is 0. The molecule has 24 heavy (non-hydrogen) atoms. The van der Waals surface area contributed by atoms with Crippen LogP contribution in [0.2, 0.25) is 0 Å². The molecule has 0 spiro atoms. The molecule has 1 saturated heterocycles. The van der Waals surface area contributed by atoms with Crippen molar-refractivity contribution in [1.29, 1.82) is 0 Å². The number of anilines is 1. The van der Waals surface area contributed by atoms with E-state index in [2.05, 4.69) is 11.7 Å². The largest absolute Gasteiger partial charge is 0.381 e. The highest BCUT2D eigenvalue weighted by Crippen LogP contribution is 2.47. The number of nitro benzene ring substituents is 1. The van der Waals surface area contributed by atoms with Gasteiger partial charge in [-0.15, -0.1) is 0 Å². The maximum atomic E-state index is 11.4. The summed E-state index contributed by atoms with van der Waals surface area (Å²) in [6.07, 6.45) is 3.62. The summed E-state index contributed by atoms with van der Waals surface area (Å²) in [6.45, 7) is 5.63. The van der Waals surface area contributed by atoms with E-state index in [-0.39, 0.29) is 16.7 Å². The lowest BCUT2D eigenvalue weighted by atomic mass is 9.96. The second-order valence-corrected chi connectivity index (χ2v) is 6.13. The molecule has 0 unspecified atom stereocenters. The molecule has 2 aliphatic rings. The van der Waals surface area contributed by atoms with Crippen molar-refractivity contribution in [3.63, 3.8) is 0 Å². The van der Waals surface area contributed by atoms with Gasteiger partial charge < -0.3 is 9.64 Å². The molecule has 2 aliphatic heterocycles. The number of hydrogen-bond acceptors (Lipinski definition) is 5. The van der Waals surface area contributed by atoms with E-state index >= 15 is 0 Å². The summed E-state index contributed by atoms with van der Waals surface area (Å²) in [7, 11) is 1.82. The quantitative estimate of drug-likeness (QED) is 0.626. The highest BCUT2D eigenvalue weighted by Gasteiger charge is 2.34. The van der Waals surface area contributed by atoms with Gasteiger partial charge in [0.05, 0.1) is 28.6 Å². The normalized spacial score (nSPS) is 17.5. The molecule has 1 aromatic heterocycles. The van der Waals surface area contributed by atoms with Gasteiger partial charge in [-0.05, 0) is 12.8 Å². The zero-order valence-electron chi connectivity index (χ0n) is 13.4. The van der Waals surface area contributed by atoms with Crippen LogP contribution in [0, 0.1) is 10.1 Å². The van der Waals surface area contributed by atoms with Gasteiger partial charge in [0.2, 0.25) is 0 Å². The molecule has 0 aliphatic carbocycles. The zero-order chi connectivity index (χ0) is 16.8. The lowest BCUT2D eigenvalue weighted by Crippen LogP contribution is -2.26. The Morgan fingerprint density at radius 2 is 2.08 bits per heavy atom. The summed E-state index contributed by atoms with van der Waals surface area (Å²) in [5.41, 5.74) is 4.07. The first-order valence-electron chi connectivity index (χ1n) is 7.95. The minimum Gasteiger partial charge on any atom is -0.381 e. The van der Waals surface area contributed by atoms with Gasteiger partial charge in [0.25, 0.3) is 5.69 Å². The summed E-state index contributed by atoms with van der Waals surface area (Å²) in [5, 5.41) is 16.0. The Morgan fingerprint density at radius 1 is 1.33 bits per heavy atom. The standard InChI is InChI=1S/C17H18N4O3/c1-11-16-14(10-18-20(16)12-6-8-24-9-7-12)13-4-3-5-15(21(22)23)17(13)19(11)2/h3-5,10,12H,1,6-9H2,2H3. The fraction of sp³-hybridized carbons (Fsp3) is 0.353. The maximum Gasteiger partial charge on any atom is 0.293 e. The van der Waals surface area contributed by atoms with E-state index in [1.807, 2.05) is 17.8 Å². The molecule has 0 atom stereocenters. The van der Waals surface area contributed by atoms with Gasteiger partial charge in [0.15, 0.2) is 0 Å². The first-order valence-corrected chi connectivity index (χ1v) is 7.95. The van der Waals surface area contributed by atoms with Crippen molar-refractivity contribution in [3.8, 4) is 11.1 Å². The van der Waals surface area contributed by atoms with Crippen LogP contribution in [0.4, 0.5) is 11.4 Å². The van der Waals surface area contributed by atoms with Crippen molar-refractivity contribution < 1.29 is 9.66 Å². The van der Waals surface area contributed by atoms with Gasteiger partial charge in [-0.3, -0.25) is 14.8 Å². The summed E-state index contributed by atoms with van der Waals surface area (Å²) in [5.74, 6) is 0. The minimum absolute atomic E-state index is 0.0839. The predicted molar refractivity (Wildman–Crippen MR) is 90.8 cm³/mol. The molecular weight excluding hydrogens is 308 g/mol. The third-order valence-electron chi connectivity index (χ3n) is 4.85. The van der Waals surface area contributed by atoms with Gasteiger partial charge >= 0.3 is 0 Å². The SMILES string of the molecule is C=C1c2c(cnn2C2CCOCC2)-c2cccc([N+](=O)[O-])c2N1C. The second kappa shape index (κ2) is 5.45. The Labute approximate surface area is 139 Å². The van der Waals surface area contributed by atoms with Gasteiger partial charge in [-0.1, -0.05) is 18.7 Å². The average Bonchev–Trinajstić information content (AvgIpc) is 3.05. The molecular formula is C17H18N4O3. The van der Waals surface area contributed by atoms with Crippen LogP contribution in [-0.2, 0) is 4.74 Å². The summed E-state index contributed by atoms with van der Waals surface area (Å²) in [6, 6.07) is 5.42. The molecule has 1 fully saturated rings. The van der Waals surface area contributed by atoms with Crippen LogP contribution in [0.15, 0.2) is 31.0 Å². The Balaban J connectivity index is 1.90. The van der Waals surface area contributed by atoms with Crippen LogP contribution < -0.4 is 4.90 Å². The third kappa shape index (κ3) is 2.05. The Hall–Kier alpha value is -2.67. The molecule has 7 heteroatoms. The van der Waals surface area contributed by atoms with E-state index in [0.717, 1.165) is 48.6 Å². The number of nitrogens with zero attached hydrogens (tertiary/aromatic N) is 4. The van der Waals surface area contributed by atoms with E-state index in [0.29, 0.717) is 5.69 Å². The number of aromatic nitrogens is 2. The molecule has 1 aromatic carbocycles. The van der Waals surface area contributed by atoms with E-state index in [4.69, 9.17) is 4.74 Å². The molecule has 0 bridgehead atoms. The number of nitro groups is 1. The molecule has 4 rings (SSSR count). The topological polar surface area (TPSA) is 73.4 Å². The van der Waals surface area contributed by atoms with Crippen molar-refractivity contribution in [2.24, 2.45) is 0 Å². The third-order valence-corrected chi connectivity index (χ3v) is 4.85. The van der Waals surface area contributed by atoms with Crippen LogP contribution in [0.1, 0.15) is 24.6 Å². The number of para-hydroxylation sites is 1. The zero-order valence-corrected chi connectivity index (χ0v) is 13.4. The van der Waals surface area contributed by atoms with E-state index in [9.17, 15) is 10.1 Å². The van der Waals surface area contributed by atoms with Crippen molar-refractivity contribution in [2.75, 3.05) is 25.2 Å². The van der Waals surface area contributed by atoms with Crippen molar-refractivity contribution in [1.82, 2.24) is 9.78 Å². The lowest BCUT2D eigenvalue weighted by Gasteiger charge is -2.32. The molecule has 0 radical (unpaired) electrons. The van der Waals surface area contributed by atoms with Crippen LogP contribution in [0.5, 0.6) is 0 Å². The highest BCUT2D eigenvalue weighted by molar-refractivity contribution is 6.00. The monoisotopic (exact) mass is 326 g/mol. The van der Waals surface area contributed by atoms with Gasteiger partial charge in [-0.25, -0.2) is 0 Å². The molecule has 3 heterocycles. The molecule has 124 valence electrons. The van der Waals surface area contributed by atoms with Gasteiger partial charge in [0.1, 0.15) is 5.69 Å². The Morgan fingerprint density at radius 3 is 2.79 bits per heavy atom. The molecule has 0 N–H and O–H groups in total. The summed E-state index contributed by atoms with van der Waals surface area (Å²) < 4.78 is 7.45. The molecule has 0 saturated carbocycles. The van der Waals surface area contributed by atoms with Gasteiger partial charge in [-0.2, -0.15) is 5.10 Å². The number of rotatable bonds is 2. The van der Waals surface area contributed by atoms with Crippen molar-refractivity contribution in [3.05, 3.63) is 46.8 Å². The molecule has 0 amide bonds. The number of fused-ring (bicyclic) bond motifs is 3.